The molecule has 2 heterocycles. The van der Waals surface area contributed by atoms with E-state index >= 15 is 0 Å². The zero-order chi connectivity index (χ0) is 26.5. The van der Waals surface area contributed by atoms with Crippen LogP contribution in [0, 0.1) is 5.41 Å². The lowest BCUT2D eigenvalue weighted by molar-refractivity contribution is 0.306. The van der Waals surface area contributed by atoms with Gasteiger partial charge in [0.15, 0.2) is 5.89 Å². The lowest BCUT2D eigenvalue weighted by Crippen LogP contribution is -2.30. The van der Waals surface area contributed by atoms with Crippen LogP contribution in [0.5, 0.6) is 5.75 Å². The SMILES string of the molecule is N=C(N)c1cccc(CC(NS(=O)(=O)c2ccccc2)c2nc3ccc(OCCc4ncco4)cc3s2)c1. The molecule has 1 atom stereocenters. The van der Waals surface area contributed by atoms with Gasteiger partial charge in [0.25, 0.3) is 0 Å². The predicted molar refractivity (Wildman–Crippen MR) is 146 cm³/mol. The summed E-state index contributed by atoms with van der Waals surface area (Å²) in [6.45, 7) is 0.406. The maximum atomic E-state index is 13.2. The summed E-state index contributed by atoms with van der Waals surface area (Å²) < 4.78 is 41.3. The zero-order valence-electron chi connectivity index (χ0n) is 20.2. The van der Waals surface area contributed by atoms with E-state index in [4.69, 9.17) is 25.3 Å². The third-order valence-electron chi connectivity index (χ3n) is 5.77. The molecule has 0 aliphatic rings. The Labute approximate surface area is 223 Å². The molecule has 0 aliphatic heterocycles. The molecular weight excluding hydrogens is 522 g/mol. The molecule has 4 N–H and O–H groups in total. The zero-order valence-corrected chi connectivity index (χ0v) is 21.8. The van der Waals surface area contributed by atoms with Crippen molar-refractivity contribution in [1.29, 1.82) is 5.41 Å². The van der Waals surface area contributed by atoms with Crippen LogP contribution < -0.4 is 15.2 Å². The van der Waals surface area contributed by atoms with Gasteiger partial charge in [0.05, 0.1) is 40.4 Å². The number of aromatic nitrogens is 2. The first kappa shape index (κ1) is 25.6. The summed E-state index contributed by atoms with van der Waals surface area (Å²) in [4.78, 5) is 9.01. The van der Waals surface area contributed by atoms with Crippen molar-refractivity contribution in [2.45, 2.75) is 23.8 Å². The highest BCUT2D eigenvalue weighted by Crippen LogP contribution is 2.32. The molecule has 0 saturated heterocycles. The van der Waals surface area contributed by atoms with Gasteiger partial charge < -0.3 is 14.9 Å². The summed E-state index contributed by atoms with van der Waals surface area (Å²) in [5, 5.41) is 8.37. The third kappa shape index (κ3) is 6.08. The van der Waals surface area contributed by atoms with E-state index < -0.39 is 16.1 Å². The topological polar surface area (TPSA) is 144 Å². The van der Waals surface area contributed by atoms with Crippen molar-refractivity contribution in [3.63, 3.8) is 0 Å². The monoisotopic (exact) mass is 547 g/mol. The quantitative estimate of drug-likeness (QED) is 0.164. The van der Waals surface area contributed by atoms with Crippen LogP contribution in [0.15, 0.2) is 94.6 Å². The number of thiazole rings is 1. The fraction of sp³-hybridized carbons (Fsp3) is 0.148. The van der Waals surface area contributed by atoms with Crippen LogP contribution in [0.3, 0.4) is 0 Å². The molecule has 3 aromatic carbocycles. The predicted octanol–water partition coefficient (Wildman–Crippen LogP) is 4.45. The fourth-order valence-corrected chi connectivity index (χ4v) is 6.27. The largest absolute Gasteiger partial charge is 0.493 e. The Hall–Kier alpha value is -4.06. The average Bonchev–Trinajstić information content (AvgIpc) is 3.59. The summed E-state index contributed by atoms with van der Waals surface area (Å²) in [6.07, 6.45) is 3.99. The Morgan fingerprint density at radius 2 is 1.95 bits per heavy atom. The maximum Gasteiger partial charge on any atom is 0.241 e. The Kier molecular flexibility index (Phi) is 7.50. The van der Waals surface area contributed by atoms with Crippen LogP contribution in [-0.2, 0) is 22.9 Å². The molecule has 5 rings (SSSR count). The van der Waals surface area contributed by atoms with Gasteiger partial charge in [-0.3, -0.25) is 5.41 Å². The van der Waals surface area contributed by atoms with Crippen LogP contribution in [-0.4, -0.2) is 30.8 Å². The van der Waals surface area contributed by atoms with E-state index in [9.17, 15) is 8.42 Å². The summed E-state index contributed by atoms with van der Waals surface area (Å²) in [7, 11) is -3.82. The number of oxazole rings is 1. The van der Waals surface area contributed by atoms with Crippen molar-refractivity contribution in [3.05, 3.63) is 107 Å². The van der Waals surface area contributed by atoms with Gasteiger partial charge >= 0.3 is 0 Å². The minimum Gasteiger partial charge on any atom is -0.493 e. The van der Waals surface area contributed by atoms with Crippen molar-refractivity contribution < 1.29 is 17.6 Å². The molecule has 0 fully saturated rings. The third-order valence-corrected chi connectivity index (χ3v) is 8.39. The Morgan fingerprint density at radius 3 is 2.71 bits per heavy atom. The van der Waals surface area contributed by atoms with Crippen LogP contribution in [0.1, 0.15) is 28.1 Å². The summed E-state index contributed by atoms with van der Waals surface area (Å²) in [5.74, 6) is 1.23. The Balaban J connectivity index is 1.42. The Bertz CT molecular complexity index is 1650. The highest BCUT2D eigenvalue weighted by molar-refractivity contribution is 7.89. The highest BCUT2D eigenvalue weighted by atomic mass is 32.2. The average molecular weight is 548 g/mol. The first-order valence-corrected chi connectivity index (χ1v) is 14.1. The Morgan fingerprint density at radius 1 is 1.11 bits per heavy atom. The molecule has 0 saturated carbocycles. The molecule has 0 amide bonds. The molecule has 0 radical (unpaired) electrons. The number of amidine groups is 1. The van der Waals surface area contributed by atoms with E-state index in [-0.39, 0.29) is 10.7 Å². The number of hydrogen-bond donors (Lipinski definition) is 3. The van der Waals surface area contributed by atoms with Gasteiger partial charge in [0, 0.05) is 5.56 Å². The van der Waals surface area contributed by atoms with E-state index in [0.29, 0.717) is 41.7 Å². The van der Waals surface area contributed by atoms with Gasteiger partial charge in [-0.15, -0.1) is 11.3 Å². The number of fused-ring (bicyclic) bond motifs is 1. The highest BCUT2D eigenvalue weighted by Gasteiger charge is 2.25. The number of nitrogens with zero attached hydrogens (tertiary/aromatic N) is 2. The van der Waals surface area contributed by atoms with Crippen molar-refractivity contribution in [2.24, 2.45) is 5.73 Å². The lowest BCUT2D eigenvalue weighted by atomic mass is 10.0. The second-order valence-electron chi connectivity index (χ2n) is 8.51. The summed E-state index contributed by atoms with van der Waals surface area (Å²) in [5.41, 5.74) is 7.81. The number of ether oxygens (including phenoxy) is 1. The van der Waals surface area contributed by atoms with Crippen molar-refractivity contribution in [3.8, 4) is 5.75 Å². The first-order chi connectivity index (χ1) is 18.4. The van der Waals surface area contributed by atoms with Crippen LogP contribution in [0.4, 0.5) is 0 Å². The summed E-state index contributed by atoms with van der Waals surface area (Å²) >= 11 is 1.40. The van der Waals surface area contributed by atoms with E-state index in [1.54, 1.807) is 54.7 Å². The second kappa shape index (κ2) is 11.1. The van der Waals surface area contributed by atoms with Crippen LogP contribution in [0.25, 0.3) is 10.2 Å². The minimum absolute atomic E-state index is 0.0522. The summed E-state index contributed by atoms with van der Waals surface area (Å²) in [6, 6.07) is 20.4. The smallest absolute Gasteiger partial charge is 0.241 e. The maximum absolute atomic E-state index is 13.2. The molecule has 194 valence electrons. The van der Waals surface area contributed by atoms with Crippen molar-refractivity contribution in [1.82, 2.24) is 14.7 Å². The number of rotatable bonds is 11. The number of nitrogen functional groups attached to an aromatic ring is 1. The van der Waals surface area contributed by atoms with Crippen molar-refractivity contribution >= 4 is 37.4 Å². The molecule has 38 heavy (non-hydrogen) atoms. The first-order valence-electron chi connectivity index (χ1n) is 11.8. The van der Waals surface area contributed by atoms with Gasteiger partial charge in [-0.05, 0) is 48.4 Å². The molecule has 2 aromatic heterocycles. The van der Waals surface area contributed by atoms with Crippen LogP contribution in [0.2, 0.25) is 0 Å². The van der Waals surface area contributed by atoms with Gasteiger partial charge in [0.1, 0.15) is 22.9 Å². The standard InChI is InChI=1S/C27H25N5O4S2/c28-26(29)19-6-4-5-18(15-19)16-23(32-38(33,34)21-7-2-1-3-8-21)27-31-22-10-9-20(17-24(22)37-27)35-13-11-25-30-12-14-36-25/h1-10,12,14-15,17,23,32H,11,13,16H2,(H3,28,29). The van der Waals surface area contributed by atoms with E-state index in [1.165, 1.54) is 17.6 Å². The minimum atomic E-state index is -3.82. The van der Waals surface area contributed by atoms with Gasteiger partial charge in [-0.25, -0.2) is 23.1 Å². The van der Waals surface area contributed by atoms with E-state index in [1.807, 2.05) is 24.3 Å². The number of nitrogens with one attached hydrogen (secondary N) is 2. The normalized spacial score (nSPS) is 12.4. The number of hydrogen-bond acceptors (Lipinski definition) is 8. The molecule has 0 aliphatic carbocycles. The second-order valence-corrected chi connectivity index (χ2v) is 11.3. The van der Waals surface area contributed by atoms with Gasteiger partial charge in [-0.1, -0.05) is 36.4 Å². The molecule has 0 spiro atoms. The molecule has 9 nitrogen and oxygen atoms in total. The molecule has 1 unspecified atom stereocenters. The van der Waals surface area contributed by atoms with Crippen LogP contribution >= 0.6 is 11.3 Å². The molecule has 11 heteroatoms. The van der Waals surface area contributed by atoms with E-state index in [0.717, 1.165) is 15.8 Å². The molecule has 5 aromatic rings. The van der Waals surface area contributed by atoms with Gasteiger partial charge in [0.2, 0.25) is 10.0 Å². The fourth-order valence-electron chi connectivity index (χ4n) is 3.93. The van der Waals surface area contributed by atoms with Crippen molar-refractivity contribution in [2.75, 3.05) is 6.61 Å². The van der Waals surface area contributed by atoms with Gasteiger partial charge in [-0.2, -0.15) is 0 Å². The lowest BCUT2D eigenvalue weighted by Gasteiger charge is -2.17. The number of nitrogens with two attached hydrogens (primary N) is 1. The molecule has 0 bridgehead atoms. The number of sulfonamides is 1. The number of benzene rings is 3. The molecular formula is C27H25N5O4S2. The van der Waals surface area contributed by atoms with E-state index in [2.05, 4.69) is 9.71 Å².